The lowest BCUT2D eigenvalue weighted by Crippen LogP contribution is -2.15. The van der Waals surface area contributed by atoms with Gasteiger partial charge in [0, 0.05) is 12.1 Å². The average molecular weight is 378 g/mol. The molecule has 2 aromatic carbocycles. The third-order valence-electron chi connectivity index (χ3n) is 3.67. The summed E-state index contributed by atoms with van der Waals surface area (Å²) in [6.45, 7) is 0. The van der Waals surface area contributed by atoms with Gasteiger partial charge in [-0.2, -0.15) is 0 Å². The predicted octanol–water partition coefficient (Wildman–Crippen LogP) is 2.06. The van der Waals surface area contributed by atoms with E-state index in [2.05, 4.69) is 5.32 Å². The molecule has 8 heteroatoms. The largest absolute Gasteiger partial charge is 0.493 e. The first-order valence-electron chi connectivity index (χ1n) is 7.91. The van der Waals surface area contributed by atoms with Gasteiger partial charge < -0.3 is 14.8 Å². The molecule has 0 bridgehead atoms. The second-order valence-electron chi connectivity index (χ2n) is 5.75. The van der Waals surface area contributed by atoms with Crippen LogP contribution in [0.4, 0.5) is 5.69 Å². The third-order valence-corrected chi connectivity index (χ3v) is 4.40. The molecule has 0 heterocycles. The summed E-state index contributed by atoms with van der Waals surface area (Å²) < 4.78 is 32.8. The van der Waals surface area contributed by atoms with Crippen molar-refractivity contribution in [2.45, 2.75) is 18.6 Å². The summed E-state index contributed by atoms with van der Waals surface area (Å²) in [4.78, 5) is 12.1. The van der Waals surface area contributed by atoms with E-state index in [4.69, 9.17) is 14.6 Å². The van der Waals surface area contributed by atoms with Crippen LogP contribution in [0.1, 0.15) is 17.5 Å². The summed E-state index contributed by atoms with van der Waals surface area (Å²) in [6.07, 6.45) is 0.804. The van der Waals surface area contributed by atoms with Crippen molar-refractivity contribution in [2.75, 3.05) is 19.5 Å². The number of benzene rings is 2. The second-order valence-corrected chi connectivity index (χ2v) is 7.36. The number of carbonyl (C=O) groups is 1. The van der Waals surface area contributed by atoms with Crippen LogP contribution in [0.3, 0.4) is 0 Å². The Balaban J connectivity index is 1.96. The number of aryl methyl sites for hydroxylation is 1. The molecule has 2 aromatic rings. The van der Waals surface area contributed by atoms with Gasteiger partial charge in [-0.1, -0.05) is 18.2 Å². The van der Waals surface area contributed by atoms with Crippen LogP contribution < -0.4 is 19.9 Å². The van der Waals surface area contributed by atoms with Gasteiger partial charge in [0.2, 0.25) is 15.9 Å². The molecule has 0 aromatic heterocycles. The van der Waals surface area contributed by atoms with Gasteiger partial charge in [0.1, 0.15) is 0 Å². The molecule has 0 atom stereocenters. The normalized spacial score (nSPS) is 11.0. The molecule has 0 spiro atoms. The van der Waals surface area contributed by atoms with Crippen molar-refractivity contribution >= 4 is 21.6 Å². The van der Waals surface area contributed by atoms with Gasteiger partial charge >= 0.3 is 0 Å². The van der Waals surface area contributed by atoms with E-state index in [1.807, 2.05) is 12.1 Å². The minimum Gasteiger partial charge on any atom is -0.493 e. The van der Waals surface area contributed by atoms with E-state index in [0.29, 0.717) is 29.2 Å². The van der Waals surface area contributed by atoms with Crippen LogP contribution >= 0.6 is 0 Å². The fourth-order valence-electron chi connectivity index (χ4n) is 2.49. The van der Waals surface area contributed by atoms with Gasteiger partial charge in [0.15, 0.2) is 11.5 Å². The number of ether oxygens (including phenoxy) is 2. The zero-order valence-corrected chi connectivity index (χ0v) is 15.5. The first kappa shape index (κ1) is 19.7. The van der Waals surface area contributed by atoms with Gasteiger partial charge in [-0.25, -0.2) is 13.6 Å². The summed E-state index contributed by atoms with van der Waals surface area (Å²) >= 11 is 0. The molecule has 2 rings (SSSR count). The number of nitrogens with one attached hydrogen (secondary N) is 1. The van der Waals surface area contributed by atoms with Crippen LogP contribution in [-0.4, -0.2) is 28.5 Å². The summed E-state index contributed by atoms with van der Waals surface area (Å²) in [5.74, 6) is 0.795. The zero-order valence-electron chi connectivity index (χ0n) is 14.7. The van der Waals surface area contributed by atoms with Gasteiger partial charge in [-0.05, 0) is 41.8 Å². The Hall–Kier alpha value is -2.58. The first-order valence-corrected chi connectivity index (χ1v) is 9.62. The highest BCUT2D eigenvalue weighted by Gasteiger charge is 2.09. The lowest BCUT2D eigenvalue weighted by atomic mass is 10.1. The van der Waals surface area contributed by atoms with E-state index in [0.717, 1.165) is 5.56 Å². The average Bonchev–Trinajstić information content (AvgIpc) is 2.58. The maximum Gasteiger partial charge on any atom is 0.224 e. The van der Waals surface area contributed by atoms with Crippen molar-refractivity contribution in [3.8, 4) is 11.5 Å². The highest BCUT2D eigenvalue weighted by atomic mass is 32.2. The van der Waals surface area contributed by atoms with Crippen molar-refractivity contribution in [3.05, 3.63) is 53.6 Å². The van der Waals surface area contributed by atoms with Crippen LogP contribution in [0.15, 0.2) is 42.5 Å². The molecule has 26 heavy (non-hydrogen) atoms. The van der Waals surface area contributed by atoms with Crippen LogP contribution in [-0.2, 0) is 27.0 Å². The fraction of sp³-hybridized carbons (Fsp3) is 0.278. The summed E-state index contributed by atoms with van der Waals surface area (Å²) in [5.41, 5.74) is 1.99. The Bertz CT molecular complexity index is 881. The smallest absolute Gasteiger partial charge is 0.224 e. The molecule has 0 aliphatic rings. The van der Waals surface area contributed by atoms with Gasteiger partial charge in [0.25, 0.3) is 0 Å². The Morgan fingerprint density at radius 2 is 1.77 bits per heavy atom. The zero-order chi connectivity index (χ0) is 19.2. The predicted molar refractivity (Wildman–Crippen MR) is 99.7 cm³/mol. The molecule has 0 saturated carbocycles. The number of hydrogen-bond acceptors (Lipinski definition) is 5. The number of primary sulfonamides is 1. The molecule has 140 valence electrons. The molecule has 0 aliphatic heterocycles. The second kappa shape index (κ2) is 8.68. The number of carbonyl (C=O) groups excluding carboxylic acids is 1. The lowest BCUT2D eigenvalue weighted by Gasteiger charge is -2.10. The van der Waals surface area contributed by atoms with Crippen molar-refractivity contribution in [3.63, 3.8) is 0 Å². The van der Waals surface area contributed by atoms with E-state index in [9.17, 15) is 13.2 Å². The van der Waals surface area contributed by atoms with E-state index < -0.39 is 10.0 Å². The Morgan fingerprint density at radius 3 is 2.42 bits per heavy atom. The van der Waals surface area contributed by atoms with Crippen LogP contribution in [0, 0.1) is 0 Å². The van der Waals surface area contributed by atoms with Crippen LogP contribution in [0.2, 0.25) is 0 Å². The summed E-state index contributed by atoms with van der Waals surface area (Å²) in [7, 11) is -0.493. The van der Waals surface area contributed by atoms with E-state index >= 15 is 0 Å². The van der Waals surface area contributed by atoms with Crippen molar-refractivity contribution in [2.24, 2.45) is 5.14 Å². The molecular weight excluding hydrogens is 356 g/mol. The molecule has 0 saturated heterocycles. The Kier molecular flexibility index (Phi) is 6.59. The van der Waals surface area contributed by atoms with Gasteiger partial charge in [0.05, 0.1) is 20.0 Å². The molecule has 3 N–H and O–H groups in total. The SMILES string of the molecule is COc1ccc(CCC(=O)Nc2cccc(CS(N)(=O)=O)c2)cc1OC. The fourth-order valence-corrected chi connectivity index (χ4v) is 3.13. The third kappa shape index (κ3) is 6.05. The number of anilines is 1. The quantitative estimate of drug-likeness (QED) is 0.731. The minimum atomic E-state index is -3.62. The van der Waals surface area contributed by atoms with Crippen molar-refractivity contribution < 1.29 is 22.7 Å². The standard InChI is InChI=1S/C18H22N2O5S/c1-24-16-8-6-13(11-17(16)25-2)7-9-18(21)20-15-5-3-4-14(10-15)12-26(19,22)23/h3-6,8,10-11H,7,9,12H2,1-2H3,(H,20,21)(H2,19,22,23). The molecule has 0 unspecified atom stereocenters. The maximum absolute atomic E-state index is 12.1. The first-order chi connectivity index (χ1) is 12.3. The molecule has 0 aliphatic carbocycles. The van der Waals surface area contributed by atoms with Crippen LogP contribution in [0.25, 0.3) is 0 Å². The maximum atomic E-state index is 12.1. The number of methoxy groups -OCH3 is 2. The van der Waals surface area contributed by atoms with E-state index in [1.54, 1.807) is 44.6 Å². The van der Waals surface area contributed by atoms with Crippen LogP contribution in [0.5, 0.6) is 11.5 Å². The monoisotopic (exact) mass is 378 g/mol. The van der Waals surface area contributed by atoms with Gasteiger partial charge in [-0.3, -0.25) is 4.79 Å². The highest BCUT2D eigenvalue weighted by Crippen LogP contribution is 2.28. The number of sulfonamides is 1. The molecule has 0 radical (unpaired) electrons. The number of rotatable bonds is 8. The van der Waals surface area contributed by atoms with E-state index in [-0.39, 0.29) is 18.1 Å². The highest BCUT2D eigenvalue weighted by molar-refractivity contribution is 7.88. The van der Waals surface area contributed by atoms with Gasteiger partial charge in [-0.15, -0.1) is 0 Å². The Morgan fingerprint density at radius 1 is 1.04 bits per heavy atom. The molecule has 0 fully saturated rings. The molecule has 7 nitrogen and oxygen atoms in total. The minimum absolute atomic E-state index is 0.174. The number of amides is 1. The topological polar surface area (TPSA) is 108 Å². The van der Waals surface area contributed by atoms with E-state index in [1.165, 1.54) is 0 Å². The van der Waals surface area contributed by atoms with Crippen molar-refractivity contribution in [1.29, 1.82) is 0 Å². The molecular formula is C18H22N2O5S. The summed E-state index contributed by atoms with van der Waals surface area (Å²) in [5, 5.41) is 7.80. The number of hydrogen-bond donors (Lipinski definition) is 2. The summed E-state index contributed by atoms with van der Waals surface area (Å²) in [6, 6.07) is 12.1. The van der Waals surface area contributed by atoms with Crippen molar-refractivity contribution in [1.82, 2.24) is 0 Å². The lowest BCUT2D eigenvalue weighted by molar-refractivity contribution is -0.116. The number of nitrogens with two attached hydrogens (primary N) is 1. The molecule has 1 amide bonds. The Labute approximate surface area is 153 Å².